The van der Waals surface area contributed by atoms with Crippen molar-refractivity contribution >= 4 is 26.8 Å². The van der Waals surface area contributed by atoms with Crippen molar-refractivity contribution in [2.45, 2.75) is 0 Å². The van der Waals surface area contributed by atoms with Crippen molar-refractivity contribution in [3.63, 3.8) is 0 Å². The van der Waals surface area contributed by atoms with Crippen molar-refractivity contribution < 1.29 is 9.47 Å². The van der Waals surface area contributed by atoms with Crippen LogP contribution in [0, 0.1) is 0 Å². The summed E-state index contributed by atoms with van der Waals surface area (Å²) in [6, 6.07) is 3.76. The molecule has 2 aromatic rings. The van der Waals surface area contributed by atoms with Crippen LogP contribution in [-0.4, -0.2) is 23.9 Å². The van der Waals surface area contributed by atoms with Gasteiger partial charge >= 0.3 is 0 Å². The van der Waals surface area contributed by atoms with Gasteiger partial charge in [0.25, 0.3) is 0 Å². The van der Waals surface area contributed by atoms with Gasteiger partial charge in [0.1, 0.15) is 12.1 Å². The third kappa shape index (κ3) is 2.24. The summed E-state index contributed by atoms with van der Waals surface area (Å²) in [6.07, 6.45) is 3.27. The first-order chi connectivity index (χ1) is 7.31. The molecule has 1 aromatic heterocycles. The Labute approximate surface area is 95.4 Å². The summed E-state index contributed by atoms with van der Waals surface area (Å²) >= 11 is 3.41. The predicted octanol–water partition coefficient (Wildman–Crippen LogP) is 2.38. The first kappa shape index (κ1) is 10.3. The molecule has 0 saturated carbocycles. The molecule has 0 aliphatic rings. The molecule has 5 heteroatoms. The molecule has 0 saturated heterocycles. The van der Waals surface area contributed by atoms with Crippen LogP contribution in [0.2, 0.25) is 0 Å². The van der Waals surface area contributed by atoms with Gasteiger partial charge in [-0.25, -0.2) is 9.97 Å². The zero-order valence-corrected chi connectivity index (χ0v) is 9.69. The van der Waals surface area contributed by atoms with Gasteiger partial charge in [-0.1, -0.05) is 0 Å². The molecule has 4 nitrogen and oxygen atoms in total. The van der Waals surface area contributed by atoms with Gasteiger partial charge in [-0.3, -0.25) is 0 Å². The topological polar surface area (TPSA) is 44.2 Å². The second-order valence-corrected chi connectivity index (χ2v) is 3.77. The molecule has 15 heavy (non-hydrogen) atoms. The number of rotatable bonds is 3. The summed E-state index contributed by atoms with van der Waals surface area (Å²) in [7, 11) is 1.58. The number of hydrogen-bond acceptors (Lipinski definition) is 4. The number of aromatic nitrogens is 2. The smallest absolute Gasteiger partial charge is 0.188 e. The average Bonchev–Trinajstić information content (AvgIpc) is 2.26. The van der Waals surface area contributed by atoms with Crippen LogP contribution in [0.25, 0.3) is 10.9 Å². The highest BCUT2D eigenvalue weighted by atomic mass is 79.9. The molecule has 0 fully saturated rings. The quantitative estimate of drug-likeness (QED) is 0.802. The zero-order chi connectivity index (χ0) is 10.7. The summed E-state index contributed by atoms with van der Waals surface area (Å²) < 4.78 is 11.1. The van der Waals surface area contributed by atoms with Gasteiger partial charge in [-0.05, 0) is 22.0 Å². The van der Waals surface area contributed by atoms with Crippen LogP contribution in [0.4, 0.5) is 0 Å². The Morgan fingerprint density at radius 3 is 3.07 bits per heavy atom. The monoisotopic (exact) mass is 268 g/mol. The predicted molar refractivity (Wildman–Crippen MR) is 59.7 cm³/mol. The van der Waals surface area contributed by atoms with E-state index in [0.717, 1.165) is 15.4 Å². The lowest BCUT2D eigenvalue weighted by molar-refractivity contribution is 0.0507. The third-order valence-electron chi connectivity index (χ3n) is 1.89. The summed E-state index contributed by atoms with van der Waals surface area (Å²) in [5.74, 6) is 0.711. The Kier molecular flexibility index (Phi) is 3.13. The molecule has 0 spiro atoms. The van der Waals surface area contributed by atoms with E-state index in [0.29, 0.717) is 5.75 Å². The molecular weight excluding hydrogens is 260 g/mol. The van der Waals surface area contributed by atoms with Crippen LogP contribution in [0.5, 0.6) is 5.75 Å². The zero-order valence-electron chi connectivity index (χ0n) is 8.11. The van der Waals surface area contributed by atoms with E-state index >= 15 is 0 Å². The van der Waals surface area contributed by atoms with Gasteiger partial charge in [0.15, 0.2) is 6.79 Å². The number of halogens is 1. The highest BCUT2D eigenvalue weighted by Gasteiger charge is 2.04. The Balaban J connectivity index is 2.43. The average molecular weight is 269 g/mol. The molecule has 2 rings (SSSR count). The summed E-state index contributed by atoms with van der Waals surface area (Å²) in [4.78, 5) is 8.09. The van der Waals surface area contributed by atoms with E-state index in [1.165, 1.54) is 6.33 Å². The van der Waals surface area contributed by atoms with E-state index < -0.39 is 0 Å². The van der Waals surface area contributed by atoms with Crippen LogP contribution in [0.15, 0.2) is 29.1 Å². The maximum absolute atomic E-state index is 5.36. The molecule has 0 amide bonds. The summed E-state index contributed by atoms with van der Waals surface area (Å²) in [5, 5.41) is 0.967. The van der Waals surface area contributed by atoms with Gasteiger partial charge in [-0.15, -0.1) is 0 Å². The van der Waals surface area contributed by atoms with E-state index in [2.05, 4.69) is 25.9 Å². The molecule has 78 valence electrons. The van der Waals surface area contributed by atoms with Gasteiger partial charge in [0, 0.05) is 24.8 Å². The molecule has 0 aliphatic carbocycles. The molecule has 0 atom stereocenters. The summed E-state index contributed by atoms with van der Waals surface area (Å²) in [6.45, 7) is 0.217. The van der Waals surface area contributed by atoms with Crippen molar-refractivity contribution in [2.75, 3.05) is 13.9 Å². The molecule has 0 unspecified atom stereocenters. The number of fused-ring (bicyclic) bond motifs is 1. The fourth-order valence-corrected chi connectivity index (χ4v) is 1.69. The van der Waals surface area contributed by atoms with E-state index in [1.807, 2.05) is 12.1 Å². The highest BCUT2D eigenvalue weighted by molar-refractivity contribution is 9.10. The summed E-state index contributed by atoms with van der Waals surface area (Å²) in [5.41, 5.74) is 0.847. The minimum atomic E-state index is 0.217. The lowest BCUT2D eigenvalue weighted by atomic mass is 10.2. The van der Waals surface area contributed by atoms with Crippen LogP contribution in [-0.2, 0) is 4.74 Å². The molecule has 1 heterocycles. The minimum absolute atomic E-state index is 0.217. The van der Waals surface area contributed by atoms with E-state index in [4.69, 9.17) is 9.47 Å². The molecule has 0 bridgehead atoms. The second-order valence-electron chi connectivity index (χ2n) is 2.92. The van der Waals surface area contributed by atoms with Crippen molar-refractivity contribution in [1.29, 1.82) is 0 Å². The lowest BCUT2D eigenvalue weighted by Crippen LogP contribution is -1.99. The number of ether oxygens (including phenoxy) is 2. The number of hydrogen-bond donors (Lipinski definition) is 0. The lowest BCUT2D eigenvalue weighted by Gasteiger charge is -2.07. The normalized spacial score (nSPS) is 10.5. The van der Waals surface area contributed by atoms with E-state index in [9.17, 15) is 0 Å². The van der Waals surface area contributed by atoms with Crippen LogP contribution < -0.4 is 4.74 Å². The Bertz CT molecular complexity index is 476. The second kappa shape index (κ2) is 4.55. The fourth-order valence-electron chi connectivity index (χ4n) is 1.22. The Morgan fingerprint density at radius 1 is 1.40 bits per heavy atom. The number of nitrogens with zero attached hydrogens (tertiary/aromatic N) is 2. The first-order valence-corrected chi connectivity index (χ1v) is 5.11. The standard InChI is InChI=1S/C10H9BrN2O2/c1-14-6-15-10-3-9-7(2-8(10)11)4-12-5-13-9/h2-5H,6H2,1H3. The molecule has 0 N–H and O–H groups in total. The molecule has 0 aliphatic heterocycles. The SMILES string of the molecule is COCOc1cc2ncncc2cc1Br. The number of methoxy groups -OCH3 is 1. The third-order valence-corrected chi connectivity index (χ3v) is 2.51. The van der Waals surface area contributed by atoms with Crippen LogP contribution in [0.3, 0.4) is 0 Å². The van der Waals surface area contributed by atoms with Gasteiger partial charge < -0.3 is 9.47 Å². The maximum Gasteiger partial charge on any atom is 0.188 e. The largest absolute Gasteiger partial charge is 0.466 e. The fraction of sp³-hybridized carbons (Fsp3) is 0.200. The highest BCUT2D eigenvalue weighted by Crippen LogP contribution is 2.29. The van der Waals surface area contributed by atoms with Crippen LogP contribution in [0.1, 0.15) is 0 Å². The maximum atomic E-state index is 5.36. The van der Waals surface area contributed by atoms with Crippen molar-refractivity contribution in [3.05, 3.63) is 29.1 Å². The van der Waals surface area contributed by atoms with Crippen molar-refractivity contribution in [2.24, 2.45) is 0 Å². The molecule has 0 radical (unpaired) electrons. The molecular formula is C10H9BrN2O2. The first-order valence-electron chi connectivity index (χ1n) is 4.32. The van der Waals surface area contributed by atoms with E-state index in [-0.39, 0.29) is 6.79 Å². The van der Waals surface area contributed by atoms with Gasteiger partial charge in [0.05, 0.1) is 9.99 Å². The van der Waals surface area contributed by atoms with Gasteiger partial charge in [0.2, 0.25) is 0 Å². The number of benzene rings is 1. The Morgan fingerprint density at radius 2 is 2.27 bits per heavy atom. The minimum Gasteiger partial charge on any atom is -0.466 e. The van der Waals surface area contributed by atoms with Crippen LogP contribution >= 0.6 is 15.9 Å². The molecule has 1 aromatic carbocycles. The van der Waals surface area contributed by atoms with Gasteiger partial charge in [-0.2, -0.15) is 0 Å². The van der Waals surface area contributed by atoms with Crippen molar-refractivity contribution in [1.82, 2.24) is 9.97 Å². The van der Waals surface area contributed by atoms with Crippen molar-refractivity contribution in [3.8, 4) is 5.75 Å². The van der Waals surface area contributed by atoms with E-state index in [1.54, 1.807) is 13.3 Å². The Hall–Kier alpha value is -1.20.